The first-order chi connectivity index (χ1) is 11.4. The summed E-state index contributed by atoms with van der Waals surface area (Å²) >= 11 is 17.7. The fourth-order valence-electron chi connectivity index (χ4n) is 2.49. The van der Waals surface area contributed by atoms with Gasteiger partial charge in [-0.15, -0.1) is 0 Å². The predicted octanol–water partition coefficient (Wildman–Crippen LogP) is 5.74. The number of nitrogens with one attached hydrogen (secondary N) is 1. The van der Waals surface area contributed by atoms with Gasteiger partial charge in [0.05, 0.1) is 15.7 Å². The lowest BCUT2D eigenvalue weighted by molar-refractivity contribution is 0.102. The van der Waals surface area contributed by atoms with Crippen LogP contribution in [0.1, 0.15) is 54.2 Å². The van der Waals surface area contributed by atoms with E-state index in [0.29, 0.717) is 12.0 Å². The van der Waals surface area contributed by atoms with Gasteiger partial charge in [0, 0.05) is 0 Å². The number of ketones is 1. The van der Waals surface area contributed by atoms with Crippen LogP contribution in [0.2, 0.25) is 15.2 Å². The third-order valence-electron chi connectivity index (χ3n) is 3.80. The molecule has 2 rings (SSSR count). The molecule has 0 saturated carbocycles. The number of aromatic nitrogens is 1. The Hall–Kier alpha value is -1.36. The molecule has 0 radical (unpaired) electrons. The predicted molar refractivity (Wildman–Crippen MR) is 96.9 cm³/mol. The molecule has 0 bridgehead atoms. The summed E-state index contributed by atoms with van der Waals surface area (Å²) in [6, 6.07) is 2.83. The number of hydrogen-bond acceptors (Lipinski definition) is 3. The van der Waals surface area contributed by atoms with Gasteiger partial charge in [-0.1, -0.05) is 61.0 Å². The second-order valence-electron chi connectivity index (χ2n) is 5.57. The average Bonchev–Trinajstić information content (AvgIpc) is 2.88. The number of hydrogen-bond donors (Lipinski definition) is 3. The SMILES string of the molecule is CCCCCCc1cc(Cl)c(O)c(C(=O)c2cc(Cl)c(Cl)[nH]2)c1O. The zero-order valence-electron chi connectivity index (χ0n) is 13.1. The van der Waals surface area contributed by atoms with Crippen LogP contribution in [-0.2, 0) is 6.42 Å². The first kappa shape index (κ1) is 19.0. The maximum atomic E-state index is 12.6. The van der Waals surface area contributed by atoms with Gasteiger partial charge in [-0.05, 0) is 30.5 Å². The molecule has 1 aromatic carbocycles. The van der Waals surface area contributed by atoms with Gasteiger partial charge in [-0.25, -0.2) is 0 Å². The molecule has 1 heterocycles. The van der Waals surface area contributed by atoms with E-state index in [2.05, 4.69) is 11.9 Å². The largest absolute Gasteiger partial charge is 0.507 e. The van der Waals surface area contributed by atoms with E-state index in [1.807, 2.05) is 0 Å². The zero-order chi connectivity index (χ0) is 17.9. The molecule has 24 heavy (non-hydrogen) atoms. The van der Waals surface area contributed by atoms with Crippen LogP contribution in [0, 0.1) is 0 Å². The Bertz CT molecular complexity index is 737. The molecule has 0 saturated heterocycles. The molecule has 3 N–H and O–H groups in total. The van der Waals surface area contributed by atoms with Crippen molar-refractivity contribution in [2.24, 2.45) is 0 Å². The number of aromatic hydroxyl groups is 2. The fraction of sp³-hybridized carbons (Fsp3) is 0.353. The molecule has 1 aromatic heterocycles. The summed E-state index contributed by atoms with van der Waals surface area (Å²) < 4.78 is 0. The number of phenolic OH excluding ortho intramolecular Hbond substituents is 2. The first-order valence-electron chi connectivity index (χ1n) is 7.68. The third-order valence-corrected chi connectivity index (χ3v) is 4.78. The summed E-state index contributed by atoms with van der Waals surface area (Å²) in [7, 11) is 0. The molecule has 0 aliphatic heterocycles. The summed E-state index contributed by atoms with van der Waals surface area (Å²) in [4.78, 5) is 15.2. The van der Waals surface area contributed by atoms with Gasteiger partial charge in [-0.2, -0.15) is 0 Å². The minimum Gasteiger partial charge on any atom is -0.507 e. The Balaban J connectivity index is 2.37. The molecule has 0 aliphatic rings. The van der Waals surface area contributed by atoms with Crippen LogP contribution in [0.3, 0.4) is 0 Å². The van der Waals surface area contributed by atoms with E-state index in [1.165, 1.54) is 12.1 Å². The van der Waals surface area contributed by atoms with Crippen LogP contribution in [-0.4, -0.2) is 21.0 Å². The number of H-pyrrole nitrogens is 1. The molecular weight excluding hydrogens is 373 g/mol. The molecule has 130 valence electrons. The van der Waals surface area contributed by atoms with Crippen molar-refractivity contribution in [3.8, 4) is 11.5 Å². The molecule has 0 fully saturated rings. The monoisotopic (exact) mass is 389 g/mol. The van der Waals surface area contributed by atoms with E-state index in [0.717, 1.165) is 25.7 Å². The highest BCUT2D eigenvalue weighted by Gasteiger charge is 2.25. The highest BCUT2D eigenvalue weighted by molar-refractivity contribution is 6.42. The second kappa shape index (κ2) is 8.15. The van der Waals surface area contributed by atoms with E-state index in [1.54, 1.807) is 0 Å². The van der Waals surface area contributed by atoms with Crippen molar-refractivity contribution in [2.75, 3.05) is 0 Å². The second-order valence-corrected chi connectivity index (χ2v) is 6.77. The molecule has 0 spiro atoms. The number of aryl methyl sites for hydroxylation is 1. The topological polar surface area (TPSA) is 73.3 Å². The molecule has 7 heteroatoms. The van der Waals surface area contributed by atoms with Crippen molar-refractivity contribution in [2.45, 2.75) is 39.0 Å². The third kappa shape index (κ3) is 4.00. The van der Waals surface area contributed by atoms with Crippen molar-refractivity contribution in [3.05, 3.63) is 44.2 Å². The standard InChI is InChI=1S/C17H18Cl3NO3/c1-2-3-4-5-6-9-7-10(18)15(23)13(14(9)22)16(24)12-8-11(19)17(20)21-12/h7-8,21-23H,2-6H2,1H3. The van der Waals surface area contributed by atoms with E-state index < -0.39 is 11.5 Å². The number of rotatable bonds is 7. The van der Waals surface area contributed by atoms with Crippen LogP contribution < -0.4 is 0 Å². The van der Waals surface area contributed by atoms with E-state index in [-0.39, 0.29) is 32.2 Å². The quantitative estimate of drug-likeness (QED) is 0.417. The molecule has 0 aliphatic carbocycles. The number of unbranched alkanes of at least 4 members (excludes halogenated alkanes) is 3. The zero-order valence-corrected chi connectivity index (χ0v) is 15.4. The Labute approximate surface area is 155 Å². The van der Waals surface area contributed by atoms with Crippen LogP contribution in [0.4, 0.5) is 0 Å². The minimum atomic E-state index is -0.629. The number of aromatic amines is 1. The number of halogens is 3. The molecule has 4 nitrogen and oxygen atoms in total. The average molecular weight is 391 g/mol. The van der Waals surface area contributed by atoms with Gasteiger partial charge >= 0.3 is 0 Å². The highest BCUT2D eigenvalue weighted by Crippen LogP contribution is 2.39. The molecular formula is C17H18Cl3NO3. The van der Waals surface area contributed by atoms with E-state index in [9.17, 15) is 15.0 Å². The number of carbonyl (C=O) groups is 1. The molecule has 2 aromatic rings. The molecule has 0 unspecified atom stereocenters. The van der Waals surface area contributed by atoms with Crippen molar-refractivity contribution >= 4 is 40.6 Å². The lowest BCUT2D eigenvalue weighted by Gasteiger charge is -2.12. The van der Waals surface area contributed by atoms with Gasteiger partial charge in [0.15, 0.2) is 0 Å². The first-order valence-corrected chi connectivity index (χ1v) is 8.82. The Morgan fingerprint density at radius 1 is 1.04 bits per heavy atom. The Morgan fingerprint density at radius 2 is 1.75 bits per heavy atom. The van der Waals surface area contributed by atoms with Crippen molar-refractivity contribution in [1.29, 1.82) is 0 Å². The summed E-state index contributed by atoms with van der Waals surface area (Å²) in [5.41, 5.74) is 0.346. The molecule has 0 amide bonds. The van der Waals surface area contributed by atoms with Gasteiger partial charge in [0.1, 0.15) is 22.2 Å². The van der Waals surface area contributed by atoms with Crippen LogP contribution in [0.15, 0.2) is 12.1 Å². The highest BCUT2D eigenvalue weighted by atomic mass is 35.5. The van der Waals surface area contributed by atoms with Gasteiger partial charge in [-0.3, -0.25) is 4.79 Å². The summed E-state index contributed by atoms with van der Waals surface area (Å²) in [5, 5.41) is 20.9. The minimum absolute atomic E-state index is 0.0189. The number of carbonyl (C=O) groups excluding carboxylic acids is 1. The lowest BCUT2D eigenvalue weighted by Crippen LogP contribution is -2.05. The number of phenols is 2. The number of benzene rings is 1. The summed E-state index contributed by atoms with van der Waals surface area (Å²) in [6.07, 6.45) is 4.63. The van der Waals surface area contributed by atoms with Crippen LogP contribution >= 0.6 is 34.8 Å². The van der Waals surface area contributed by atoms with Gasteiger partial charge in [0.25, 0.3) is 0 Å². The fourth-order valence-corrected chi connectivity index (χ4v) is 3.03. The maximum absolute atomic E-state index is 12.6. The molecule has 0 atom stereocenters. The van der Waals surface area contributed by atoms with Gasteiger partial charge in [0.2, 0.25) is 5.78 Å². The maximum Gasteiger partial charge on any atom is 0.216 e. The van der Waals surface area contributed by atoms with E-state index >= 15 is 0 Å². The Kier molecular flexibility index (Phi) is 6.44. The Morgan fingerprint density at radius 3 is 2.33 bits per heavy atom. The van der Waals surface area contributed by atoms with Crippen molar-refractivity contribution in [1.82, 2.24) is 4.98 Å². The van der Waals surface area contributed by atoms with E-state index in [4.69, 9.17) is 34.8 Å². The summed E-state index contributed by atoms with van der Waals surface area (Å²) in [5.74, 6) is -1.35. The smallest absolute Gasteiger partial charge is 0.216 e. The normalized spacial score (nSPS) is 11.0. The van der Waals surface area contributed by atoms with Crippen LogP contribution in [0.25, 0.3) is 0 Å². The van der Waals surface area contributed by atoms with Crippen LogP contribution in [0.5, 0.6) is 11.5 Å². The van der Waals surface area contributed by atoms with Gasteiger partial charge < -0.3 is 15.2 Å². The van der Waals surface area contributed by atoms with Crippen molar-refractivity contribution in [3.63, 3.8) is 0 Å². The lowest BCUT2D eigenvalue weighted by atomic mass is 9.98. The summed E-state index contributed by atoms with van der Waals surface area (Å²) in [6.45, 7) is 2.11. The van der Waals surface area contributed by atoms with Crippen molar-refractivity contribution < 1.29 is 15.0 Å².